The van der Waals surface area contributed by atoms with Gasteiger partial charge in [0.2, 0.25) is 0 Å². The summed E-state index contributed by atoms with van der Waals surface area (Å²) in [6.45, 7) is -0.272. The predicted molar refractivity (Wildman–Crippen MR) is 51.0 cm³/mol. The smallest absolute Gasteiger partial charge is 0.270 e. The van der Waals surface area contributed by atoms with Crippen molar-refractivity contribution < 1.29 is 4.57 Å². The summed E-state index contributed by atoms with van der Waals surface area (Å²) in [5.74, 6) is 0. The van der Waals surface area contributed by atoms with Crippen LogP contribution in [0.5, 0.6) is 0 Å². The Hall–Kier alpha value is 0.500. The molecule has 1 saturated heterocycles. The van der Waals surface area contributed by atoms with Gasteiger partial charge in [0, 0.05) is 13.1 Å². The average molecular weight is 194 g/mol. The van der Waals surface area contributed by atoms with Gasteiger partial charge in [-0.3, -0.25) is 4.57 Å². The van der Waals surface area contributed by atoms with Crippen LogP contribution in [0.15, 0.2) is 0 Å². The summed E-state index contributed by atoms with van der Waals surface area (Å²) in [4.78, 5) is 0. The highest BCUT2D eigenvalue weighted by Crippen LogP contribution is 2.62. The molecule has 0 aromatic carbocycles. The second-order valence-electron chi connectivity index (χ2n) is 2.79. The molecule has 1 aliphatic rings. The molecule has 1 aliphatic heterocycles. The molecule has 0 spiro atoms. The molecule has 11 heavy (non-hydrogen) atoms. The van der Waals surface area contributed by atoms with Crippen molar-refractivity contribution in [3.63, 3.8) is 0 Å². The van der Waals surface area contributed by atoms with E-state index in [1.807, 2.05) is 29.7 Å². The van der Waals surface area contributed by atoms with Gasteiger partial charge in [0.25, 0.3) is 6.65 Å². The van der Waals surface area contributed by atoms with Gasteiger partial charge in [0.05, 0.1) is 0 Å². The first-order valence-electron chi connectivity index (χ1n) is 3.70. The summed E-state index contributed by atoms with van der Waals surface area (Å²) in [7, 11) is 3.87. The van der Waals surface area contributed by atoms with Crippen molar-refractivity contribution >= 4 is 18.0 Å². The standard InChI is InChI=1S/C6H15N2OPS/c1-7-5-4-6-8(2)10(7,9)11-3/h4-6H2,1-3H3. The second-order valence-corrected chi connectivity index (χ2v) is 8.02. The molecule has 0 bridgehead atoms. The van der Waals surface area contributed by atoms with Crippen LogP contribution in [0.2, 0.25) is 0 Å². The zero-order chi connectivity index (χ0) is 8.48. The van der Waals surface area contributed by atoms with Crippen LogP contribution in [0.3, 0.4) is 0 Å². The summed E-state index contributed by atoms with van der Waals surface area (Å²) in [5.41, 5.74) is 0. The van der Waals surface area contributed by atoms with Gasteiger partial charge in [-0.2, -0.15) is 0 Å². The van der Waals surface area contributed by atoms with Crippen LogP contribution in [-0.4, -0.2) is 42.8 Å². The Morgan fingerprint density at radius 2 is 1.73 bits per heavy atom. The third kappa shape index (κ3) is 1.64. The Balaban J connectivity index is 2.78. The highest BCUT2D eigenvalue weighted by Gasteiger charge is 2.34. The number of rotatable bonds is 1. The van der Waals surface area contributed by atoms with Gasteiger partial charge in [0.1, 0.15) is 0 Å². The number of hydrogen-bond acceptors (Lipinski definition) is 2. The molecule has 0 aromatic rings. The van der Waals surface area contributed by atoms with E-state index in [4.69, 9.17) is 0 Å². The first-order valence-corrected chi connectivity index (χ1v) is 7.14. The summed E-state index contributed by atoms with van der Waals surface area (Å²) >= 11 is 1.47. The Kier molecular flexibility index (Phi) is 3.03. The van der Waals surface area contributed by atoms with Crippen molar-refractivity contribution in [2.24, 2.45) is 0 Å². The highest BCUT2D eigenvalue weighted by atomic mass is 32.7. The Morgan fingerprint density at radius 3 is 2.00 bits per heavy atom. The van der Waals surface area contributed by atoms with E-state index in [0.717, 1.165) is 19.5 Å². The number of nitrogens with zero attached hydrogens (tertiary/aromatic N) is 2. The van der Waals surface area contributed by atoms with Gasteiger partial charge in [-0.25, -0.2) is 9.34 Å². The summed E-state index contributed by atoms with van der Waals surface area (Å²) in [5, 5.41) is 0. The molecular formula is C6H15N2OPS. The lowest BCUT2D eigenvalue weighted by Crippen LogP contribution is -2.33. The molecule has 0 saturated carbocycles. The first-order chi connectivity index (χ1) is 5.11. The average Bonchev–Trinajstić information content (AvgIpc) is 2.00. The Morgan fingerprint density at radius 1 is 1.27 bits per heavy atom. The van der Waals surface area contributed by atoms with Crippen LogP contribution in [0, 0.1) is 0 Å². The molecule has 3 nitrogen and oxygen atoms in total. The van der Waals surface area contributed by atoms with Gasteiger partial charge < -0.3 is 0 Å². The first kappa shape index (κ1) is 9.59. The van der Waals surface area contributed by atoms with Crippen LogP contribution >= 0.6 is 18.0 Å². The molecule has 0 amide bonds. The van der Waals surface area contributed by atoms with Gasteiger partial charge >= 0.3 is 0 Å². The summed E-state index contributed by atoms with van der Waals surface area (Å²) < 4.78 is 16.0. The molecule has 1 rings (SSSR count). The van der Waals surface area contributed by atoms with Crippen molar-refractivity contribution in [1.82, 2.24) is 9.34 Å². The molecular weight excluding hydrogens is 179 g/mol. The van der Waals surface area contributed by atoms with E-state index in [1.54, 1.807) is 0 Å². The van der Waals surface area contributed by atoms with E-state index in [2.05, 4.69) is 0 Å². The molecule has 1 fully saturated rings. The highest BCUT2D eigenvalue weighted by molar-refractivity contribution is 8.56. The van der Waals surface area contributed by atoms with Gasteiger partial charge in [-0.1, -0.05) is 11.4 Å². The SMILES string of the molecule is CSP1(=O)N(C)CCCN1C. The fourth-order valence-electron chi connectivity index (χ4n) is 1.32. The minimum absolute atomic E-state index is 0.961. The van der Waals surface area contributed by atoms with Gasteiger partial charge in [0.15, 0.2) is 0 Å². The van der Waals surface area contributed by atoms with Crippen molar-refractivity contribution in [3.8, 4) is 0 Å². The lowest BCUT2D eigenvalue weighted by Gasteiger charge is -2.37. The predicted octanol–water partition coefficient (Wildman–Crippen LogP) is 1.72. The maximum Gasteiger partial charge on any atom is 0.270 e. The van der Waals surface area contributed by atoms with E-state index < -0.39 is 6.65 Å². The Bertz CT molecular complexity index is 173. The lowest BCUT2D eigenvalue weighted by atomic mass is 10.4. The third-order valence-electron chi connectivity index (χ3n) is 2.06. The van der Waals surface area contributed by atoms with E-state index in [0.29, 0.717) is 0 Å². The molecule has 0 aromatic heterocycles. The quantitative estimate of drug-likeness (QED) is 0.593. The van der Waals surface area contributed by atoms with Crippen LogP contribution in [0.25, 0.3) is 0 Å². The zero-order valence-corrected chi connectivity index (χ0v) is 8.99. The maximum atomic E-state index is 12.1. The zero-order valence-electron chi connectivity index (χ0n) is 7.28. The van der Waals surface area contributed by atoms with Crippen molar-refractivity contribution in [2.75, 3.05) is 33.4 Å². The Labute approximate surface area is 72.4 Å². The summed E-state index contributed by atoms with van der Waals surface area (Å²) in [6.07, 6.45) is 3.04. The van der Waals surface area contributed by atoms with Crippen LogP contribution < -0.4 is 0 Å². The minimum atomic E-state index is -2.19. The molecule has 0 unspecified atom stereocenters. The fraction of sp³-hybridized carbons (Fsp3) is 1.00. The van der Waals surface area contributed by atoms with Crippen molar-refractivity contribution in [3.05, 3.63) is 0 Å². The van der Waals surface area contributed by atoms with Crippen LogP contribution in [0.4, 0.5) is 0 Å². The lowest BCUT2D eigenvalue weighted by molar-refractivity contribution is 0.346. The van der Waals surface area contributed by atoms with Crippen LogP contribution in [0.1, 0.15) is 6.42 Å². The largest absolute Gasteiger partial charge is 0.277 e. The monoisotopic (exact) mass is 194 g/mol. The number of hydrogen-bond donors (Lipinski definition) is 0. The van der Waals surface area contributed by atoms with Crippen LogP contribution in [-0.2, 0) is 4.57 Å². The van der Waals surface area contributed by atoms with Gasteiger partial charge in [-0.15, -0.1) is 0 Å². The molecule has 66 valence electrons. The summed E-state index contributed by atoms with van der Waals surface area (Å²) in [6, 6.07) is 0. The molecule has 1 heterocycles. The third-order valence-corrected chi connectivity index (χ3v) is 7.77. The van der Waals surface area contributed by atoms with Crippen molar-refractivity contribution in [1.29, 1.82) is 0 Å². The topological polar surface area (TPSA) is 23.6 Å². The fourth-order valence-corrected chi connectivity index (χ4v) is 5.35. The van der Waals surface area contributed by atoms with E-state index in [-0.39, 0.29) is 0 Å². The molecule has 0 atom stereocenters. The van der Waals surface area contributed by atoms with Crippen molar-refractivity contribution in [2.45, 2.75) is 6.42 Å². The molecule has 0 aliphatic carbocycles. The van der Waals surface area contributed by atoms with E-state index in [1.165, 1.54) is 11.4 Å². The minimum Gasteiger partial charge on any atom is -0.277 e. The molecule has 0 N–H and O–H groups in total. The van der Waals surface area contributed by atoms with E-state index in [9.17, 15) is 4.57 Å². The van der Waals surface area contributed by atoms with E-state index >= 15 is 0 Å². The second kappa shape index (κ2) is 3.48. The molecule has 0 radical (unpaired) electrons. The van der Waals surface area contributed by atoms with Gasteiger partial charge in [-0.05, 0) is 26.8 Å². The maximum absolute atomic E-state index is 12.1. The normalized spacial score (nSPS) is 27.2. The molecule has 5 heteroatoms.